The van der Waals surface area contributed by atoms with Crippen molar-refractivity contribution in [3.63, 3.8) is 0 Å². The van der Waals surface area contributed by atoms with E-state index in [4.69, 9.17) is 11.6 Å². The van der Waals surface area contributed by atoms with Gasteiger partial charge < -0.3 is 0 Å². The third kappa shape index (κ3) is 2.87. The van der Waals surface area contributed by atoms with Gasteiger partial charge in [-0.25, -0.2) is 9.07 Å². The number of rotatable bonds is 2. The molecule has 1 aliphatic carbocycles. The van der Waals surface area contributed by atoms with E-state index >= 15 is 0 Å². The Morgan fingerprint density at radius 3 is 2.64 bits per heavy atom. The van der Waals surface area contributed by atoms with Gasteiger partial charge in [0.2, 0.25) is 0 Å². The lowest BCUT2D eigenvalue weighted by molar-refractivity contribution is 0.0963. The summed E-state index contributed by atoms with van der Waals surface area (Å²) in [5.74, 6) is -0.138. The maximum atomic E-state index is 13.2. The minimum Gasteiger partial charge on any atom is -0.294 e. The predicted molar refractivity (Wildman–Crippen MR) is 95.1 cm³/mol. The molecule has 1 atom stereocenters. The van der Waals surface area contributed by atoms with Crippen molar-refractivity contribution in [1.29, 1.82) is 0 Å². The summed E-state index contributed by atoms with van der Waals surface area (Å²) >= 11 is 6.11. The van der Waals surface area contributed by atoms with E-state index in [-0.39, 0.29) is 17.5 Å². The second-order valence-corrected chi connectivity index (χ2v) is 6.82. The largest absolute Gasteiger partial charge is 0.294 e. The van der Waals surface area contributed by atoms with Crippen LogP contribution in [0.5, 0.6) is 0 Å². The van der Waals surface area contributed by atoms with Crippen LogP contribution in [-0.2, 0) is 6.42 Å². The number of nitrogens with zero attached hydrogens (tertiary/aromatic N) is 2. The van der Waals surface area contributed by atoms with Gasteiger partial charge >= 0.3 is 0 Å². The van der Waals surface area contributed by atoms with Crippen molar-refractivity contribution < 1.29 is 9.18 Å². The molecule has 2 aromatic carbocycles. The van der Waals surface area contributed by atoms with E-state index in [1.165, 1.54) is 12.1 Å². The number of halogens is 2. The summed E-state index contributed by atoms with van der Waals surface area (Å²) in [5.41, 5.74) is 4.10. The average molecular weight is 355 g/mol. The Bertz CT molecular complexity index is 962. The lowest BCUT2D eigenvalue weighted by atomic mass is 9.81. The number of aryl methyl sites for hydroxylation is 1. The van der Waals surface area contributed by atoms with Gasteiger partial charge in [-0.2, -0.15) is 5.10 Å². The fourth-order valence-corrected chi connectivity index (χ4v) is 3.75. The van der Waals surface area contributed by atoms with Crippen LogP contribution < -0.4 is 0 Å². The predicted octanol–water partition coefficient (Wildman–Crippen LogP) is 4.89. The van der Waals surface area contributed by atoms with Crippen LogP contribution in [0.4, 0.5) is 4.39 Å². The summed E-state index contributed by atoms with van der Waals surface area (Å²) in [6, 6.07) is 13.8. The quantitative estimate of drug-likeness (QED) is 0.657. The molecule has 0 spiro atoms. The zero-order valence-corrected chi connectivity index (χ0v) is 14.4. The van der Waals surface area contributed by atoms with Crippen molar-refractivity contribution in [2.24, 2.45) is 0 Å². The summed E-state index contributed by atoms with van der Waals surface area (Å²) in [6.45, 7) is 1.84. The number of aromatic nitrogens is 2. The maximum Gasteiger partial charge on any atom is 0.167 e. The van der Waals surface area contributed by atoms with Crippen molar-refractivity contribution in [1.82, 2.24) is 9.78 Å². The first kappa shape index (κ1) is 16.0. The van der Waals surface area contributed by atoms with Crippen LogP contribution in [-0.4, -0.2) is 15.6 Å². The Balaban J connectivity index is 1.79. The molecule has 0 saturated heterocycles. The molecule has 3 aromatic rings. The molecule has 5 heteroatoms. The van der Waals surface area contributed by atoms with Crippen molar-refractivity contribution in [2.45, 2.75) is 25.7 Å². The summed E-state index contributed by atoms with van der Waals surface area (Å²) in [6.07, 6.45) is 1.14. The molecule has 126 valence electrons. The number of benzene rings is 2. The van der Waals surface area contributed by atoms with E-state index in [0.29, 0.717) is 29.1 Å². The number of Topliss-reactive ketones (excluding diaryl/α,β-unsaturated/α-hetero) is 1. The molecule has 1 aromatic heterocycles. The van der Waals surface area contributed by atoms with E-state index < -0.39 is 0 Å². The van der Waals surface area contributed by atoms with Crippen LogP contribution in [0.3, 0.4) is 0 Å². The second kappa shape index (κ2) is 6.12. The lowest BCUT2D eigenvalue weighted by Gasteiger charge is -2.23. The highest BCUT2D eigenvalue weighted by Crippen LogP contribution is 2.35. The summed E-state index contributed by atoms with van der Waals surface area (Å²) in [7, 11) is 0. The first-order chi connectivity index (χ1) is 12.0. The molecule has 1 heterocycles. The third-order valence-corrected chi connectivity index (χ3v) is 4.93. The highest BCUT2D eigenvalue weighted by atomic mass is 35.5. The van der Waals surface area contributed by atoms with Gasteiger partial charge in [0, 0.05) is 11.4 Å². The van der Waals surface area contributed by atoms with Gasteiger partial charge in [-0.3, -0.25) is 4.79 Å². The van der Waals surface area contributed by atoms with E-state index in [2.05, 4.69) is 5.10 Å². The van der Waals surface area contributed by atoms with Gasteiger partial charge in [0.05, 0.1) is 22.6 Å². The Morgan fingerprint density at radius 2 is 1.92 bits per heavy atom. The molecule has 4 rings (SSSR count). The van der Waals surface area contributed by atoms with Gasteiger partial charge in [0.25, 0.3) is 0 Å². The molecule has 3 nitrogen and oxygen atoms in total. The molecule has 0 radical (unpaired) electrons. The maximum absolute atomic E-state index is 13.2. The van der Waals surface area contributed by atoms with Crippen LogP contribution in [0, 0.1) is 12.7 Å². The van der Waals surface area contributed by atoms with E-state index in [9.17, 15) is 9.18 Å². The molecule has 1 aliphatic rings. The van der Waals surface area contributed by atoms with Crippen molar-refractivity contribution in [3.05, 3.63) is 81.9 Å². The average Bonchev–Trinajstić information content (AvgIpc) is 2.93. The molecular formula is C20H16ClFN2O. The van der Waals surface area contributed by atoms with E-state index in [1.54, 1.807) is 16.8 Å². The SMILES string of the molecule is Cc1nn(-c2ccc(F)cc2)c2c1C(=O)C[C@@H](c1cccc(Cl)c1)C2. The van der Waals surface area contributed by atoms with Crippen molar-refractivity contribution in [2.75, 3.05) is 0 Å². The summed E-state index contributed by atoms with van der Waals surface area (Å²) in [5, 5.41) is 5.20. The molecule has 0 aliphatic heterocycles. The molecule has 0 saturated carbocycles. The molecule has 0 amide bonds. The fourth-order valence-electron chi connectivity index (χ4n) is 3.55. The van der Waals surface area contributed by atoms with Crippen LogP contribution in [0.2, 0.25) is 5.02 Å². The number of carbonyl (C=O) groups is 1. The topological polar surface area (TPSA) is 34.9 Å². The zero-order chi connectivity index (χ0) is 17.6. The van der Waals surface area contributed by atoms with Crippen LogP contribution in [0.15, 0.2) is 48.5 Å². The number of hydrogen-bond acceptors (Lipinski definition) is 2. The summed E-state index contributed by atoms with van der Waals surface area (Å²) in [4.78, 5) is 12.7. The molecular weight excluding hydrogens is 339 g/mol. The van der Waals surface area contributed by atoms with Crippen LogP contribution in [0.25, 0.3) is 5.69 Å². The normalized spacial score (nSPS) is 16.8. The van der Waals surface area contributed by atoms with Gasteiger partial charge in [-0.05, 0) is 61.2 Å². The zero-order valence-electron chi connectivity index (χ0n) is 13.7. The first-order valence-corrected chi connectivity index (χ1v) is 8.54. The lowest BCUT2D eigenvalue weighted by Crippen LogP contribution is -2.20. The number of hydrogen-bond donors (Lipinski definition) is 0. The Hall–Kier alpha value is -2.46. The van der Waals surface area contributed by atoms with Crippen LogP contribution >= 0.6 is 11.6 Å². The van der Waals surface area contributed by atoms with E-state index in [1.807, 2.05) is 31.2 Å². The fraction of sp³-hybridized carbons (Fsp3) is 0.200. The van der Waals surface area contributed by atoms with Gasteiger partial charge in [0.1, 0.15) is 5.82 Å². The highest BCUT2D eigenvalue weighted by molar-refractivity contribution is 6.30. The molecule has 0 fully saturated rings. The minimum absolute atomic E-state index is 0.0639. The number of ketones is 1. The second-order valence-electron chi connectivity index (χ2n) is 6.38. The van der Waals surface area contributed by atoms with Crippen molar-refractivity contribution >= 4 is 17.4 Å². The third-order valence-electron chi connectivity index (χ3n) is 4.70. The Morgan fingerprint density at radius 1 is 1.16 bits per heavy atom. The molecule has 25 heavy (non-hydrogen) atoms. The number of carbonyl (C=O) groups excluding carboxylic acids is 1. The molecule has 0 N–H and O–H groups in total. The van der Waals surface area contributed by atoms with Crippen molar-refractivity contribution in [3.8, 4) is 5.69 Å². The monoisotopic (exact) mass is 354 g/mol. The van der Waals surface area contributed by atoms with Gasteiger partial charge in [0.15, 0.2) is 5.78 Å². The Kier molecular flexibility index (Phi) is 3.92. The number of fused-ring (bicyclic) bond motifs is 1. The van der Waals surface area contributed by atoms with Gasteiger partial charge in [-0.1, -0.05) is 23.7 Å². The Labute approximate surface area is 150 Å². The standard InChI is InChI=1S/C20H16ClFN2O/c1-12-20-18(24(23-12)17-7-5-16(22)6-8-17)10-14(11-19(20)25)13-3-2-4-15(21)9-13/h2-9,14H,10-11H2,1H3/t14-/m0/s1. The smallest absolute Gasteiger partial charge is 0.167 e. The molecule has 0 unspecified atom stereocenters. The molecule has 0 bridgehead atoms. The van der Waals surface area contributed by atoms with E-state index in [0.717, 1.165) is 16.9 Å². The van der Waals surface area contributed by atoms with Crippen LogP contribution in [0.1, 0.15) is 39.6 Å². The van der Waals surface area contributed by atoms with Gasteiger partial charge in [-0.15, -0.1) is 0 Å². The highest BCUT2D eigenvalue weighted by Gasteiger charge is 2.32. The first-order valence-electron chi connectivity index (χ1n) is 8.16. The minimum atomic E-state index is -0.297. The summed E-state index contributed by atoms with van der Waals surface area (Å²) < 4.78 is 15.0.